The summed E-state index contributed by atoms with van der Waals surface area (Å²) in [6, 6.07) is 6.78. The summed E-state index contributed by atoms with van der Waals surface area (Å²) in [6.45, 7) is 2.22. The van der Waals surface area contributed by atoms with Gasteiger partial charge in [-0.25, -0.2) is 9.37 Å². The van der Waals surface area contributed by atoms with Crippen LogP contribution in [0.5, 0.6) is 0 Å². The number of benzene rings is 1. The fraction of sp³-hybridized carbons (Fsp3) is 0.438. The minimum atomic E-state index is -0.208. The number of aryl methyl sites for hydroxylation is 1. The fourth-order valence-electron chi connectivity index (χ4n) is 2.20. The Bertz CT molecular complexity index is 505. The van der Waals surface area contributed by atoms with Gasteiger partial charge in [0.15, 0.2) is 0 Å². The van der Waals surface area contributed by atoms with Crippen molar-refractivity contribution in [3.05, 3.63) is 42.1 Å². The standard InChI is InChI=1S/C16H21FN2/c1-2-3-4-5-6-11-16-18-12-15(19-16)13-9-7-8-10-14(13)17/h7-10,12H,2-6,11H2,1H3,(H,18,19). The second-order valence-electron chi connectivity index (χ2n) is 4.89. The van der Waals surface area contributed by atoms with Crippen LogP contribution in [0.2, 0.25) is 0 Å². The van der Waals surface area contributed by atoms with Gasteiger partial charge in [0.25, 0.3) is 0 Å². The fourth-order valence-corrected chi connectivity index (χ4v) is 2.20. The Morgan fingerprint density at radius 3 is 2.68 bits per heavy atom. The van der Waals surface area contributed by atoms with Crippen LogP contribution in [0.15, 0.2) is 30.5 Å². The molecule has 1 aromatic heterocycles. The van der Waals surface area contributed by atoms with Gasteiger partial charge in [0.05, 0.1) is 11.9 Å². The molecule has 0 aliphatic rings. The molecule has 1 aromatic carbocycles. The zero-order chi connectivity index (χ0) is 13.5. The Labute approximate surface area is 114 Å². The Balaban J connectivity index is 1.91. The zero-order valence-corrected chi connectivity index (χ0v) is 11.5. The van der Waals surface area contributed by atoms with Crippen LogP contribution in [0.1, 0.15) is 44.9 Å². The van der Waals surface area contributed by atoms with Gasteiger partial charge in [0, 0.05) is 12.0 Å². The number of nitrogens with one attached hydrogen (secondary N) is 1. The molecule has 0 radical (unpaired) electrons. The number of aromatic nitrogens is 2. The number of H-pyrrole nitrogens is 1. The Kier molecular flexibility index (Phi) is 5.13. The van der Waals surface area contributed by atoms with Crippen LogP contribution in [0.4, 0.5) is 4.39 Å². The SMILES string of the molecule is CCCCCCCc1ncc(-c2ccccc2F)[nH]1. The van der Waals surface area contributed by atoms with E-state index in [0.717, 1.165) is 24.4 Å². The molecule has 0 bridgehead atoms. The van der Waals surface area contributed by atoms with Crippen LogP contribution in [0.3, 0.4) is 0 Å². The van der Waals surface area contributed by atoms with E-state index in [4.69, 9.17) is 0 Å². The summed E-state index contributed by atoms with van der Waals surface area (Å²) in [5, 5.41) is 0. The summed E-state index contributed by atoms with van der Waals surface area (Å²) >= 11 is 0. The molecule has 0 saturated heterocycles. The molecule has 0 atom stereocenters. The maximum atomic E-state index is 13.6. The zero-order valence-electron chi connectivity index (χ0n) is 11.5. The molecular formula is C16H21FN2. The molecule has 0 amide bonds. The average molecular weight is 260 g/mol. The van der Waals surface area contributed by atoms with E-state index in [1.165, 1.54) is 31.7 Å². The molecular weight excluding hydrogens is 239 g/mol. The predicted octanol–water partition coefficient (Wildman–Crippen LogP) is 4.73. The van der Waals surface area contributed by atoms with E-state index in [2.05, 4.69) is 16.9 Å². The van der Waals surface area contributed by atoms with Gasteiger partial charge < -0.3 is 4.98 Å². The number of unbranched alkanes of at least 4 members (excludes halogenated alkanes) is 4. The summed E-state index contributed by atoms with van der Waals surface area (Å²) in [6.07, 6.45) is 8.90. The van der Waals surface area contributed by atoms with E-state index < -0.39 is 0 Å². The minimum Gasteiger partial charge on any atom is -0.342 e. The molecule has 0 aliphatic carbocycles. The van der Waals surface area contributed by atoms with Crippen LogP contribution in [0, 0.1) is 5.82 Å². The predicted molar refractivity (Wildman–Crippen MR) is 76.4 cm³/mol. The summed E-state index contributed by atoms with van der Waals surface area (Å²) in [5.41, 5.74) is 1.36. The van der Waals surface area contributed by atoms with Gasteiger partial charge in [0.2, 0.25) is 0 Å². The van der Waals surface area contributed by atoms with Crippen molar-refractivity contribution in [1.29, 1.82) is 0 Å². The first-order valence-electron chi connectivity index (χ1n) is 7.10. The van der Waals surface area contributed by atoms with E-state index in [-0.39, 0.29) is 5.82 Å². The van der Waals surface area contributed by atoms with Crippen molar-refractivity contribution in [2.24, 2.45) is 0 Å². The summed E-state index contributed by atoms with van der Waals surface area (Å²) in [5.74, 6) is 0.746. The lowest BCUT2D eigenvalue weighted by Gasteiger charge is -2.00. The van der Waals surface area contributed by atoms with Crippen molar-refractivity contribution in [3.8, 4) is 11.3 Å². The maximum absolute atomic E-state index is 13.6. The van der Waals surface area contributed by atoms with Gasteiger partial charge >= 0.3 is 0 Å². The molecule has 0 aliphatic heterocycles. The highest BCUT2D eigenvalue weighted by atomic mass is 19.1. The van der Waals surface area contributed by atoms with Crippen molar-refractivity contribution < 1.29 is 4.39 Å². The van der Waals surface area contributed by atoms with Crippen LogP contribution >= 0.6 is 0 Å². The Morgan fingerprint density at radius 1 is 1.11 bits per heavy atom. The van der Waals surface area contributed by atoms with E-state index >= 15 is 0 Å². The quantitative estimate of drug-likeness (QED) is 0.716. The third kappa shape index (κ3) is 3.91. The molecule has 1 N–H and O–H groups in total. The second-order valence-corrected chi connectivity index (χ2v) is 4.89. The monoisotopic (exact) mass is 260 g/mol. The highest BCUT2D eigenvalue weighted by molar-refractivity contribution is 5.59. The normalized spacial score (nSPS) is 10.8. The van der Waals surface area contributed by atoms with Gasteiger partial charge in [-0.05, 0) is 18.6 Å². The van der Waals surface area contributed by atoms with Crippen LogP contribution in [-0.2, 0) is 6.42 Å². The number of imidazole rings is 1. The van der Waals surface area contributed by atoms with Gasteiger partial charge in [-0.1, -0.05) is 44.7 Å². The second kappa shape index (κ2) is 7.07. The molecule has 102 valence electrons. The topological polar surface area (TPSA) is 28.7 Å². The highest BCUT2D eigenvalue weighted by Gasteiger charge is 2.07. The molecule has 19 heavy (non-hydrogen) atoms. The number of halogens is 1. The van der Waals surface area contributed by atoms with Crippen LogP contribution < -0.4 is 0 Å². The summed E-state index contributed by atoms with van der Waals surface area (Å²) < 4.78 is 13.6. The van der Waals surface area contributed by atoms with Crippen molar-refractivity contribution in [3.63, 3.8) is 0 Å². The van der Waals surface area contributed by atoms with Crippen LogP contribution in [0.25, 0.3) is 11.3 Å². The summed E-state index contributed by atoms with van der Waals surface area (Å²) in [7, 11) is 0. The highest BCUT2D eigenvalue weighted by Crippen LogP contribution is 2.20. The Morgan fingerprint density at radius 2 is 1.89 bits per heavy atom. The number of rotatable bonds is 7. The lowest BCUT2D eigenvalue weighted by molar-refractivity contribution is 0.624. The molecule has 1 heterocycles. The van der Waals surface area contributed by atoms with Crippen molar-refractivity contribution >= 4 is 0 Å². The van der Waals surface area contributed by atoms with Crippen molar-refractivity contribution in [2.45, 2.75) is 45.4 Å². The number of aromatic amines is 1. The molecule has 3 heteroatoms. The number of hydrogen-bond donors (Lipinski definition) is 1. The lowest BCUT2D eigenvalue weighted by Crippen LogP contribution is -1.89. The lowest BCUT2D eigenvalue weighted by atomic mass is 10.1. The first kappa shape index (κ1) is 13.8. The van der Waals surface area contributed by atoms with E-state index in [0.29, 0.717) is 5.56 Å². The molecule has 0 spiro atoms. The molecule has 0 saturated carbocycles. The number of hydrogen-bond acceptors (Lipinski definition) is 1. The van der Waals surface area contributed by atoms with E-state index in [1.54, 1.807) is 18.3 Å². The molecule has 2 rings (SSSR count). The molecule has 0 unspecified atom stereocenters. The van der Waals surface area contributed by atoms with Gasteiger partial charge in [-0.3, -0.25) is 0 Å². The first-order valence-corrected chi connectivity index (χ1v) is 7.10. The maximum Gasteiger partial charge on any atom is 0.132 e. The van der Waals surface area contributed by atoms with Gasteiger partial charge in [0.1, 0.15) is 11.6 Å². The molecule has 2 nitrogen and oxygen atoms in total. The largest absolute Gasteiger partial charge is 0.342 e. The van der Waals surface area contributed by atoms with Gasteiger partial charge in [-0.2, -0.15) is 0 Å². The smallest absolute Gasteiger partial charge is 0.132 e. The Hall–Kier alpha value is -1.64. The van der Waals surface area contributed by atoms with E-state index in [1.807, 2.05) is 6.07 Å². The third-order valence-electron chi connectivity index (χ3n) is 3.31. The molecule has 0 fully saturated rings. The first-order chi connectivity index (χ1) is 9.31. The van der Waals surface area contributed by atoms with Crippen molar-refractivity contribution in [1.82, 2.24) is 9.97 Å². The van der Waals surface area contributed by atoms with Gasteiger partial charge in [-0.15, -0.1) is 0 Å². The van der Waals surface area contributed by atoms with E-state index in [9.17, 15) is 4.39 Å². The average Bonchev–Trinajstić information content (AvgIpc) is 2.88. The number of nitrogens with zero attached hydrogens (tertiary/aromatic N) is 1. The summed E-state index contributed by atoms with van der Waals surface area (Å²) in [4.78, 5) is 7.54. The van der Waals surface area contributed by atoms with Crippen molar-refractivity contribution in [2.75, 3.05) is 0 Å². The molecule has 2 aromatic rings. The third-order valence-corrected chi connectivity index (χ3v) is 3.31. The van der Waals surface area contributed by atoms with Crippen LogP contribution in [-0.4, -0.2) is 9.97 Å². The minimum absolute atomic E-state index is 0.208.